The quantitative estimate of drug-likeness (QED) is 0.481. The van der Waals surface area contributed by atoms with Gasteiger partial charge in [-0.2, -0.15) is 0 Å². The van der Waals surface area contributed by atoms with Gasteiger partial charge in [-0.3, -0.25) is 14.6 Å². The minimum absolute atomic E-state index is 0.242. The second kappa shape index (κ2) is 11.3. The zero-order valence-corrected chi connectivity index (χ0v) is 19.0. The first-order valence-corrected chi connectivity index (χ1v) is 12.2. The Labute approximate surface area is 193 Å². The Kier molecular flexibility index (Phi) is 8.23. The highest BCUT2D eigenvalue weighted by Gasteiger charge is 2.23. The Morgan fingerprint density at radius 3 is 2.30 bits per heavy atom. The van der Waals surface area contributed by atoms with Crippen LogP contribution in [0.15, 0.2) is 79.1 Å². The predicted octanol–water partition coefficient (Wildman–Crippen LogP) is 2.71. The van der Waals surface area contributed by atoms with E-state index >= 15 is 0 Å². The molecule has 33 heavy (non-hydrogen) atoms. The van der Waals surface area contributed by atoms with Crippen LogP contribution < -0.4 is 10.0 Å². The van der Waals surface area contributed by atoms with E-state index in [2.05, 4.69) is 15.0 Å². The summed E-state index contributed by atoms with van der Waals surface area (Å²) in [7, 11) is -3.54. The fourth-order valence-electron chi connectivity index (χ4n) is 3.17. The molecular weight excluding hydrogens is 438 g/mol. The molecule has 0 aliphatic carbocycles. The van der Waals surface area contributed by atoms with E-state index in [1.165, 1.54) is 0 Å². The molecule has 0 aliphatic rings. The van der Waals surface area contributed by atoms with Gasteiger partial charge >= 0.3 is 0 Å². The number of amides is 1. The van der Waals surface area contributed by atoms with Crippen LogP contribution in [0, 0.1) is 0 Å². The molecule has 0 saturated heterocycles. The molecule has 0 bridgehead atoms. The van der Waals surface area contributed by atoms with Crippen LogP contribution in [0.1, 0.15) is 27.0 Å². The van der Waals surface area contributed by atoms with Gasteiger partial charge in [0.15, 0.2) is 5.78 Å². The van der Waals surface area contributed by atoms with Crippen molar-refractivity contribution in [2.75, 3.05) is 12.8 Å². The summed E-state index contributed by atoms with van der Waals surface area (Å²) in [6.07, 6.45) is 8.29. The van der Waals surface area contributed by atoms with Crippen LogP contribution in [0.25, 0.3) is 12.2 Å². The molecule has 3 aromatic rings. The zero-order chi connectivity index (χ0) is 23.7. The number of carbonyl (C=O) groups excluding carboxylic acids is 2. The highest BCUT2D eigenvalue weighted by Crippen LogP contribution is 2.14. The summed E-state index contributed by atoms with van der Waals surface area (Å²) in [6, 6.07) is 19.1. The predicted molar refractivity (Wildman–Crippen MR) is 129 cm³/mol. The molecule has 1 amide bonds. The number of nitrogens with zero attached hydrogens (tertiary/aromatic N) is 1. The van der Waals surface area contributed by atoms with Crippen LogP contribution in [0.4, 0.5) is 0 Å². The Bertz CT molecular complexity index is 1230. The fraction of sp³-hybridized carbons (Fsp3) is 0.160. The van der Waals surface area contributed by atoms with Crippen molar-refractivity contribution in [1.29, 1.82) is 0 Å². The number of hydrogen-bond acceptors (Lipinski definition) is 5. The van der Waals surface area contributed by atoms with Gasteiger partial charge in [-0.15, -0.1) is 0 Å². The summed E-state index contributed by atoms with van der Waals surface area (Å²) >= 11 is 0. The molecule has 0 saturated carbocycles. The van der Waals surface area contributed by atoms with E-state index in [0.29, 0.717) is 11.1 Å². The van der Waals surface area contributed by atoms with Gasteiger partial charge in [0.25, 0.3) is 5.91 Å². The summed E-state index contributed by atoms with van der Waals surface area (Å²) in [6.45, 7) is -0.403. The van der Waals surface area contributed by atoms with E-state index in [1.54, 1.807) is 24.5 Å². The van der Waals surface area contributed by atoms with Crippen molar-refractivity contribution in [2.45, 2.75) is 12.5 Å². The van der Waals surface area contributed by atoms with Crippen molar-refractivity contribution in [1.82, 2.24) is 15.0 Å². The van der Waals surface area contributed by atoms with Crippen LogP contribution in [0.3, 0.4) is 0 Å². The highest BCUT2D eigenvalue weighted by atomic mass is 32.2. The zero-order valence-electron chi connectivity index (χ0n) is 18.1. The fourth-order valence-corrected chi connectivity index (χ4v) is 3.57. The van der Waals surface area contributed by atoms with Crippen LogP contribution in [-0.4, -0.2) is 43.9 Å². The molecule has 2 aromatic carbocycles. The third-order valence-electron chi connectivity index (χ3n) is 4.85. The Hall–Kier alpha value is -3.62. The molecule has 0 fully saturated rings. The molecule has 2 N–H and O–H groups in total. The number of rotatable bonds is 10. The number of aromatic nitrogens is 1. The van der Waals surface area contributed by atoms with Gasteiger partial charge in [0.2, 0.25) is 10.0 Å². The van der Waals surface area contributed by atoms with Gasteiger partial charge < -0.3 is 5.32 Å². The first kappa shape index (κ1) is 24.0. The van der Waals surface area contributed by atoms with Crippen molar-refractivity contribution in [3.05, 3.63) is 101 Å². The third-order valence-corrected chi connectivity index (χ3v) is 5.52. The lowest BCUT2D eigenvalue weighted by molar-refractivity contribution is -0.119. The number of hydrogen-bond donors (Lipinski definition) is 2. The Morgan fingerprint density at radius 2 is 1.61 bits per heavy atom. The van der Waals surface area contributed by atoms with Crippen LogP contribution in [-0.2, 0) is 21.2 Å². The van der Waals surface area contributed by atoms with Crippen molar-refractivity contribution >= 4 is 33.9 Å². The molecule has 8 heteroatoms. The topological polar surface area (TPSA) is 105 Å². The maximum absolute atomic E-state index is 13.1. The van der Waals surface area contributed by atoms with Crippen molar-refractivity contribution < 1.29 is 18.0 Å². The summed E-state index contributed by atoms with van der Waals surface area (Å²) in [5.74, 6) is -0.846. The van der Waals surface area contributed by atoms with E-state index in [-0.39, 0.29) is 6.42 Å². The number of sulfonamides is 1. The number of pyridine rings is 1. The van der Waals surface area contributed by atoms with Crippen LogP contribution >= 0.6 is 0 Å². The van der Waals surface area contributed by atoms with E-state index in [4.69, 9.17) is 0 Å². The first-order chi connectivity index (χ1) is 15.8. The summed E-state index contributed by atoms with van der Waals surface area (Å²) in [4.78, 5) is 29.9. The second-order valence-electron chi connectivity index (χ2n) is 7.48. The smallest absolute Gasteiger partial charge is 0.252 e. The molecule has 0 aliphatic heterocycles. The molecule has 1 heterocycles. The van der Waals surface area contributed by atoms with E-state index < -0.39 is 34.3 Å². The normalized spacial score (nSPS) is 12.4. The van der Waals surface area contributed by atoms with Crippen LogP contribution in [0.5, 0.6) is 0 Å². The lowest BCUT2D eigenvalue weighted by Gasteiger charge is -2.19. The minimum Gasteiger partial charge on any atom is -0.342 e. The van der Waals surface area contributed by atoms with E-state index in [9.17, 15) is 18.0 Å². The number of ketones is 1. The standard InChI is InChI=1S/C25H25N3O4S/c1-33(31,32)27-18-24(29)23(17-20-7-3-2-4-8-20)28-25(30)22-10-6-5-9-21(22)12-11-19-13-15-26-16-14-19/h2-16,23,27H,17-18H2,1H3,(H,28,30)/t23-/m0/s1. The summed E-state index contributed by atoms with van der Waals surface area (Å²) in [5, 5.41) is 2.79. The summed E-state index contributed by atoms with van der Waals surface area (Å²) < 4.78 is 25.1. The number of benzene rings is 2. The number of carbonyl (C=O) groups is 2. The second-order valence-corrected chi connectivity index (χ2v) is 9.31. The van der Waals surface area contributed by atoms with Crippen molar-refractivity contribution in [2.24, 2.45) is 0 Å². The first-order valence-electron chi connectivity index (χ1n) is 10.3. The molecule has 1 atom stereocenters. The monoisotopic (exact) mass is 463 g/mol. The molecule has 0 spiro atoms. The molecule has 0 radical (unpaired) electrons. The number of Topliss-reactive ketones (excluding diaryl/α,β-unsaturated/α-hetero) is 1. The Balaban J connectivity index is 1.81. The van der Waals surface area contributed by atoms with Gasteiger partial charge in [-0.25, -0.2) is 13.1 Å². The van der Waals surface area contributed by atoms with Gasteiger partial charge in [-0.1, -0.05) is 60.7 Å². The molecule has 7 nitrogen and oxygen atoms in total. The third kappa shape index (κ3) is 7.78. The molecule has 0 unspecified atom stereocenters. The maximum atomic E-state index is 13.1. The number of nitrogens with one attached hydrogen (secondary N) is 2. The van der Waals surface area contributed by atoms with Gasteiger partial charge in [-0.05, 0) is 41.3 Å². The SMILES string of the molecule is CS(=O)(=O)NCC(=O)[C@H](Cc1ccccc1)NC(=O)c1ccccc1C=Cc1ccncc1. The average molecular weight is 464 g/mol. The molecule has 3 rings (SSSR count). The average Bonchev–Trinajstić information content (AvgIpc) is 2.82. The van der Waals surface area contributed by atoms with Crippen molar-refractivity contribution in [3.8, 4) is 0 Å². The van der Waals surface area contributed by atoms with Gasteiger partial charge in [0.1, 0.15) is 0 Å². The summed E-state index contributed by atoms with van der Waals surface area (Å²) in [5.41, 5.74) is 2.88. The van der Waals surface area contributed by atoms with Crippen molar-refractivity contribution in [3.63, 3.8) is 0 Å². The Morgan fingerprint density at radius 1 is 0.939 bits per heavy atom. The van der Waals surface area contributed by atoms with Gasteiger partial charge in [0, 0.05) is 18.0 Å². The van der Waals surface area contributed by atoms with Crippen LogP contribution in [0.2, 0.25) is 0 Å². The molecule has 170 valence electrons. The largest absolute Gasteiger partial charge is 0.342 e. The van der Waals surface area contributed by atoms with E-state index in [0.717, 1.165) is 17.4 Å². The van der Waals surface area contributed by atoms with Gasteiger partial charge in [0.05, 0.1) is 18.8 Å². The molecular formula is C25H25N3O4S. The minimum atomic E-state index is -3.54. The lowest BCUT2D eigenvalue weighted by atomic mass is 10.0. The maximum Gasteiger partial charge on any atom is 0.252 e. The lowest BCUT2D eigenvalue weighted by Crippen LogP contribution is -2.46. The molecule has 1 aromatic heterocycles. The highest BCUT2D eigenvalue weighted by molar-refractivity contribution is 7.88. The van der Waals surface area contributed by atoms with E-state index in [1.807, 2.05) is 66.7 Å².